The van der Waals surface area contributed by atoms with E-state index in [2.05, 4.69) is 10.2 Å². The van der Waals surface area contributed by atoms with Gasteiger partial charge in [0.2, 0.25) is 0 Å². The first-order valence-corrected chi connectivity index (χ1v) is 11.6. The van der Waals surface area contributed by atoms with Crippen LogP contribution in [0.3, 0.4) is 0 Å². The molecule has 2 heterocycles. The fourth-order valence-corrected chi connectivity index (χ4v) is 4.30. The number of urea groups is 1. The number of aliphatic imine (C=N–C) groups is 1. The molecule has 5 rings (SSSR count). The van der Waals surface area contributed by atoms with Crippen molar-refractivity contribution in [2.45, 2.75) is 13.3 Å². The summed E-state index contributed by atoms with van der Waals surface area (Å²) in [6.07, 6.45) is 0.781. The van der Waals surface area contributed by atoms with Crippen molar-refractivity contribution in [1.29, 1.82) is 0 Å². The molecule has 1 saturated heterocycles. The zero-order valence-electron chi connectivity index (χ0n) is 19.8. The average Bonchev–Trinajstić information content (AvgIpc) is 3.19. The van der Waals surface area contributed by atoms with E-state index in [1.54, 1.807) is 24.1 Å². The third kappa shape index (κ3) is 4.91. The Labute approximate surface area is 203 Å². The summed E-state index contributed by atoms with van der Waals surface area (Å²) in [7, 11) is 1.63. The van der Waals surface area contributed by atoms with Crippen LogP contribution in [0.5, 0.6) is 17.2 Å². The molecule has 2 aliphatic heterocycles. The topological polar surface area (TPSA) is 66.4 Å². The van der Waals surface area contributed by atoms with Gasteiger partial charge in [-0.05, 0) is 67.4 Å². The predicted molar refractivity (Wildman–Crippen MR) is 134 cm³/mol. The number of methoxy groups -OCH3 is 1. The first-order chi connectivity index (χ1) is 17.0. The Morgan fingerprint density at radius 3 is 2.63 bits per heavy atom. The van der Waals surface area contributed by atoms with Gasteiger partial charge in [-0.3, -0.25) is 0 Å². The minimum absolute atomic E-state index is 0.199. The molecule has 3 aromatic carbocycles. The normalized spacial score (nSPS) is 15.1. The Morgan fingerprint density at radius 1 is 1.00 bits per heavy atom. The van der Waals surface area contributed by atoms with Crippen molar-refractivity contribution in [3.05, 3.63) is 77.6 Å². The number of carbonyl (C=O) groups excluding carboxylic acids is 1. The molecule has 0 aromatic heterocycles. The van der Waals surface area contributed by atoms with Crippen LogP contribution in [-0.4, -0.2) is 55.0 Å². The van der Waals surface area contributed by atoms with E-state index in [-0.39, 0.29) is 11.8 Å². The zero-order valence-corrected chi connectivity index (χ0v) is 19.8. The summed E-state index contributed by atoms with van der Waals surface area (Å²) in [6.45, 7) is 4.51. The van der Waals surface area contributed by atoms with E-state index in [0.717, 1.165) is 35.6 Å². The Hall–Kier alpha value is -4.07. The largest absolute Gasteiger partial charge is 0.497 e. The van der Waals surface area contributed by atoms with Gasteiger partial charge in [-0.15, -0.1) is 0 Å². The highest BCUT2D eigenvalue weighted by Crippen LogP contribution is 2.40. The molecule has 35 heavy (non-hydrogen) atoms. The maximum atomic E-state index is 13.2. The number of hydrogen-bond acceptors (Lipinski definition) is 5. The number of rotatable bonds is 2. The SMILES string of the molecule is COc1ccc2c(c1)Oc1cc(C)ccc1N=C2N1CCCN(C(=O)Nc2ccc(F)cc2)CC1. The molecule has 0 radical (unpaired) electrons. The van der Waals surface area contributed by atoms with Gasteiger partial charge in [0.05, 0.1) is 12.7 Å². The van der Waals surface area contributed by atoms with Crippen LogP contribution in [0.2, 0.25) is 0 Å². The van der Waals surface area contributed by atoms with Gasteiger partial charge in [0.25, 0.3) is 0 Å². The maximum Gasteiger partial charge on any atom is 0.321 e. The van der Waals surface area contributed by atoms with E-state index in [1.807, 2.05) is 43.3 Å². The third-order valence-corrected chi connectivity index (χ3v) is 6.17. The molecule has 3 aromatic rings. The van der Waals surface area contributed by atoms with Crippen LogP contribution in [0, 0.1) is 12.7 Å². The fraction of sp³-hybridized carbons (Fsp3) is 0.259. The lowest BCUT2D eigenvalue weighted by Crippen LogP contribution is -2.39. The summed E-state index contributed by atoms with van der Waals surface area (Å²) in [6, 6.07) is 17.3. The maximum absolute atomic E-state index is 13.2. The van der Waals surface area contributed by atoms with Gasteiger partial charge in [0.15, 0.2) is 5.75 Å². The highest BCUT2D eigenvalue weighted by molar-refractivity contribution is 6.04. The van der Waals surface area contributed by atoms with Gasteiger partial charge < -0.3 is 24.6 Å². The number of aryl methyl sites for hydroxylation is 1. The number of ether oxygens (including phenoxy) is 2. The Morgan fingerprint density at radius 2 is 1.83 bits per heavy atom. The summed E-state index contributed by atoms with van der Waals surface area (Å²) < 4.78 is 24.9. The second-order valence-corrected chi connectivity index (χ2v) is 8.64. The van der Waals surface area contributed by atoms with Crippen LogP contribution in [0.25, 0.3) is 0 Å². The van der Waals surface area contributed by atoms with Crippen molar-refractivity contribution < 1.29 is 18.7 Å². The molecule has 0 saturated carbocycles. The number of amidine groups is 1. The highest BCUT2D eigenvalue weighted by atomic mass is 19.1. The average molecular weight is 475 g/mol. The molecule has 0 aliphatic carbocycles. The lowest BCUT2D eigenvalue weighted by atomic mass is 10.1. The number of nitrogens with one attached hydrogen (secondary N) is 1. The molecule has 2 amide bonds. The predicted octanol–water partition coefficient (Wildman–Crippen LogP) is 5.57. The molecule has 0 spiro atoms. The van der Waals surface area contributed by atoms with E-state index < -0.39 is 0 Å². The summed E-state index contributed by atoms with van der Waals surface area (Å²) >= 11 is 0. The molecule has 1 N–H and O–H groups in total. The molecule has 0 bridgehead atoms. The van der Waals surface area contributed by atoms with E-state index in [9.17, 15) is 9.18 Å². The molecule has 1 fully saturated rings. The van der Waals surface area contributed by atoms with Gasteiger partial charge >= 0.3 is 6.03 Å². The van der Waals surface area contributed by atoms with Crippen LogP contribution in [0.4, 0.5) is 20.6 Å². The number of fused-ring (bicyclic) bond motifs is 2. The van der Waals surface area contributed by atoms with Crippen LogP contribution < -0.4 is 14.8 Å². The fourth-order valence-electron chi connectivity index (χ4n) is 4.30. The summed E-state index contributed by atoms with van der Waals surface area (Å²) in [5.74, 6) is 2.56. The van der Waals surface area contributed by atoms with Gasteiger partial charge in [-0.2, -0.15) is 0 Å². The number of amides is 2. The molecule has 8 heteroatoms. The first-order valence-electron chi connectivity index (χ1n) is 11.6. The van der Waals surface area contributed by atoms with Crippen LogP contribution in [-0.2, 0) is 0 Å². The number of hydrogen-bond donors (Lipinski definition) is 1. The Balaban J connectivity index is 1.40. The van der Waals surface area contributed by atoms with Gasteiger partial charge in [0, 0.05) is 37.9 Å². The van der Waals surface area contributed by atoms with E-state index in [1.165, 1.54) is 12.1 Å². The van der Waals surface area contributed by atoms with E-state index >= 15 is 0 Å². The van der Waals surface area contributed by atoms with E-state index in [0.29, 0.717) is 42.6 Å². The van der Waals surface area contributed by atoms with Crippen molar-refractivity contribution in [1.82, 2.24) is 9.80 Å². The van der Waals surface area contributed by atoms with Crippen molar-refractivity contribution in [3.8, 4) is 17.2 Å². The van der Waals surface area contributed by atoms with Crippen molar-refractivity contribution >= 4 is 23.2 Å². The highest BCUT2D eigenvalue weighted by Gasteiger charge is 2.26. The Bertz CT molecular complexity index is 1280. The summed E-state index contributed by atoms with van der Waals surface area (Å²) in [5, 5.41) is 2.86. The number of carbonyl (C=O) groups is 1. The van der Waals surface area contributed by atoms with Crippen LogP contribution in [0.15, 0.2) is 65.7 Å². The second-order valence-electron chi connectivity index (χ2n) is 8.64. The standard InChI is InChI=1S/C27H27FN4O3/c1-18-4-11-23-25(16-18)35-24-17-21(34-2)9-10-22(24)26(30-23)31-12-3-13-32(15-14-31)27(33)29-20-7-5-19(28)6-8-20/h4-11,16-17H,3,12-15H2,1-2H3,(H,29,33). The molecule has 0 unspecified atom stereocenters. The molecular weight excluding hydrogens is 447 g/mol. The molecule has 7 nitrogen and oxygen atoms in total. The minimum Gasteiger partial charge on any atom is -0.497 e. The molecular formula is C27H27FN4O3. The number of nitrogens with zero attached hydrogens (tertiary/aromatic N) is 3. The lowest BCUT2D eigenvalue weighted by molar-refractivity contribution is 0.214. The molecule has 180 valence electrons. The zero-order chi connectivity index (χ0) is 24.4. The molecule has 0 atom stereocenters. The first kappa shape index (κ1) is 22.7. The monoisotopic (exact) mass is 474 g/mol. The second kappa shape index (κ2) is 9.66. The van der Waals surface area contributed by atoms with Gasteiger partial charge in [0.1, 0.15) is 28.8 Å². The number of anilines is 1. The number of benzene rings is 3. The smallest absolute Gasteiger partial charge is 0.321 e. The van der Waals surface area contributed by atoms with E-state index in [4.69, 9.17) is 14.5 Å². The van der Waals surface area contributed by atoms with Crippen molar-refractivity contribution in [2.24, 2.45) is 4.99 Å². The lowest BCUT2D eigenvalue weighted by Gasteiger charge is -2.25. The number of halogens is 1. The van der Waals surface area contributed by atoms with Gasteiger partial charge in [-0.1, -0.05) is 6.07 Å². The van der Waals surface area contributed by atoms with Crippen LogP contribution in [0.1, 0.15) is 17.5 Å². The summed E-state index contributed by atoms with van der Waals surface area (Å²) in [5.41, 5.74) is 3.29. The Kier molecular flexibility index (Phi) is 6.27. The third-order valence-electron chi connectivity index (χ3n) is 6.17. The quantitative estimate of drug-likeness (QED) is 0.528. The van der Waals surface area contributed by atoms with Crippen molar-refractivity contribution in [3.63, 3.8) is 0 Å². The molecule has 2 aliphatic rings. The van der Waals surface area contributed by atoms with Crippen LogP contribution >= 0.6 is 0 Å². The summed E-state index contributed by atoms with van der Waals surface area (Å²) in [4.78, 5) is 21.8. The van der Waals surface area contributed by atoms with Gasteiger partial charge in [-0.25, -0.2) is 14.2 Å². The minimum atomic E-state index is -0.337. The van der Waals surface area contributed by atoms with Crippen molar-refractivity contribution in [2.75, 3.05) is 38.6 Å².